The first-order valence-electron chi connectivity index (χ1n) is 27.5. The zero-order chi connectivity index (χ0) is 49.3. The van der Waals surface area contributed by atoms with Crippen molar-refractivity contribution in [1.29, 1.82) is 0 Å². The second-order valence-corrected chi connectivity index (χ2v) is 17.7. The molecule has 0 fully saturated rings. The van der Waals surface area contributed by atoms with E-state index in [1.54, 1.807) is 0 Å². The standard InChI is InChI=1S/C62H100O6/c1-4-7-10-13-16-19-22-25-28-30-31-33-34-37-40-43-46-49-52-55-61(64)67-58-59(57-66-60(63)54-51-48-45-42-39-36-27-24-21-18-15-12-9-6-3)68-62(65)56-53-50-47-44-41-38-35-32-29-26-23-20-17-14-11-8-5-2/h7-8,10-11,16-17,19-20,25-26,28-29,31,33,35,37-38,40,46,49,59H,4-6,9,12-15,18,21-24,27,30,32,34,36,39,41-45,47-48,50-58H2,1-3H3/b10-7-,11-8-,19-16-,20-17-,28-25-,29-26-,33-31-,38-35-,40-37-,49-46-. The third-order valence-corrected chi connectivity index (χ3v) is 11.2. The van der Waals surface area contributed by atoms with Crippen LogP contribution in [0.25, 0.3) is 0 Å². The van der Waals surface area contributed by atoms with Gasteiger partial charge in [-0.15, -0.1) is 0 Å². The fourth-order valence-corrected chi connectivity index (χ4v) is 7.16. The molecule has 0 saturated heterocycles. The Hall–Kier alpha value is -4.19. The fraction of sp³-hybridized carbons (Fsp3) is 0.629. The van der Waals surface area contributed by atoms with Crippen LogP contribution in [0.1, 0.15) is 233 Å². The maximum absolute atomic E-state index is 12.8. The highest BCUT2D eigenvalue weighted by atomic mass is 16.6. The molecule has 0 amide bonds. The molecule has 6 nitrogen and oxygen atoms in total. The number of hydrogen-bond acceptors (Lipinski definition) is 6. The van der Waals surface area contributed by atoms with E-state index in [0.717, 1.165) is 116 Å². The summed E-state index contributed by atoms with van der Waals surface area (Å²) in [5.41, 5.74) is 0. The number of carbonyl (C=O) groups is 3. The topological polar surface area (TPSA) is 78.9 Å². The molecule has 0 saturated carbocycles. The summed E-state index contributed by atoms with van der Waals surface area (Å²) < 4.78 is 16.8. The lowest BCUT2D eigenvalue weighted by atomic mass is 10.0. The van der Waals surface area contributed by atoms with E-state index >= 15 is 0 Å². The highest BCUT2D eigenvalue weighted by molar-refractivity contribution is 5.71. The number of rotatable bonds is 48. The maximum atomic E-state index is 12.8. The summed E-state index contributed by atoms with van der Waals surface area (Å²) in [7, 11) is 0. The van der Waals surface area contributed by atoms with Crippen molar-refractivity contribution in [3.05, 3.63) is 122 Å². The predicted octanol–water partition coefficient (Wildman–Crippen LogP) is 18.5. The van der Waals surface area contributed by atoms with E-state index in [0.29, 0.717) is 12.8 Å². The van der Waals surface area contributed by atoms with Gasteiger partial charge in [0, 0.05) is 19.3 Å². The molecule has 1 unspecified atom stereocenters. The van der Waals surface area contributed by atoms with Crippen LogP contribution in [0.5, 0.6) is 0 Å². The Labute approximate surface area is 418 Å². The van der Waals surface area contributed by atoms with Crippen molar-refractivity contribution in [2.24, 2.45) is 0 Å². The van der Waals surface area contributed by atoms with Crippen LogP contribution in [-0.4, -0.2) is 37.2 Å². The number of carbonyl (C=O) groups excluding carboxylic acids is 3. The van der Waals surface area contributed by atoms with Gasteiger partial charge in [0.15, 0.2) is 6.10 Å². The normalized spacial score (nSPS) is 13.0. The van der Waals surface area contributed by atoms with Gasteiger partial charge in [-0.05, 0) is 96.3 Å². The second-order valence-electron chi connectivity index (χ2n) is 17.7. The van der Waals surface area contributed by atoms with E-state index in [-0.39, 0.29) is 44.0 Å². The van der Waals surface area contributed by atoms with Crippen LogP contribution >= 0.6 is 0 Å². The van der Waals surface area contributed by atoms with Crippen molar-refractivity contribution >= 4 is 17.9 Å². The van der Waals surface area contributed by atoms with Gasteiger partial charge < -0.3 is 14.2 Å². The van der Waals surface area contributed by atoms with Crippen molar-refractivity contribution < 1.29 is 28.6 Å². The van der Waals surface area contributed by atoms with Gasteiger partial charge >= 0.3 is 17.9 Å². The van der Waals surface area contributed by atoms with E-state index in [2.05, 4.69) is 130 Å². The highest BCUT2D eigenvalue weighted by Crippen LogP contribution is 2.14. The summed E-state index contributed by atoms with van der Waals surface area (Å²) in [4.78, 5) is 38.1. The van der Waals surface area contributed by atoms with Crippen LogP contribution in [0.2, 0.25) is 0 Å². The minimum atomic E-state index is -0.823. The van der Waals surface area contributed by atoms with Gasteiger partial charge in [-0.2, -0.15) is 0 Å². The van der Waals surface area contributed by atoms with Crippen molar-refractivity contribution in [2.45, 2.75) is 239 Å². The molecule has 0 aliphatic heterocycles. The summed E-state index contributed by atoms with van der Waals surface area (Å²) in [5.74, 6) is -1.03. The van der Waals surface area contributed by atoms with E-state index in [9.17, 15) is 14.4 Å². The van der Waals surface area contributed by atoms with Crippen LogP contribution in [0, 0.1) is 0 Å². The van der Waals surface area contributed by atoms with E-state index in [1.165, 1.54) is 70.6 Å². The molecule has 0 aromatic carbocycles. The largest absolute Gasteiger partial charge is 0.462 e. The predicted molar refractivity (Wildman–Crippen MR) is 293 cm³/mol. The zero-order valence-corrected chi connectivity index (χ0v) is 43.8. The molecule has 0 aromatic rings. The van der Waals surface area contributed by atoms with E-state index in [4.69, 9.17) is 14.2 Å². The molecule has 1 atom stereocenters. The number of allylic oxidation sites excluding steroid dienone is 20. The first-order chi connectivity index (χ1) is 33.5. The van der Waals surface area contributed by atoms with Crippen molar-refractivity contribution in [3.63, 3.8) is 0 Å². The van der Waals surface area contributed by atoms with Gasteiger partial charge in [-0.3, -0.25) is 14.4 Å². The smallest absolute Gasteiger partial charge is 0.306 e. The number of hydrogen-bond donors (Lipinski definition) is 0. The van der Waals surface area contributed by atoms with Gasteiger partial charge in [0.05, 0.1) is 0 Å². The summed E-state index contributed by atoms with van der Waals surface area (Å²) in [5, 5.41) is 0. The minimum absolute atomic E-state index is 0.113. The highest BCUT2D eigenvalue weighted by Gasteiger charge is 2.19. The van der Waals surface area contributed by atoms with Crippen LogP contribution in [-0.2, 0) is 28.6 Å². The Morgan fingerprint density at radius 1 is 0.309 bits per heavy atom. The molecule has 0 rings (SSSR count). The Morgan fingerprint density at radius 3 is 0.985 bits per heavy atom. The van der Waals surface area contributed by atoms with Crippen LogP contribution < -0.4 is 0 Å². The fourth-order valence-electron chi connectivity index (χ4n) is 7.16. The first-order valence-corrected chi connectivity index (χ1v) is 27.5. The molecular weight excluding hydrogens is 841 g/mol. The van der Waals surface area contributed by atoms with Crippen molar-refractivity contribution in [2.75, 3.05) is 13.2 Å². The van der Waals surface area contributed by atoms with E-state index in [1.807, 2.05) is 12.2 Å². The summed E-state index contributed by atoms with van der Waals surface area (Å²) in [6.45, 7) is 6.32. The van der Waals surface area contributed by atoms with Crippen LogP contribution in [0.4, 0.5) is 0 Å². The molecule has 6 heteroatoms. The summed E-state index contributed by atoms with van der Waals surface area (Å²) in [6, 6.07) is 0. The molecule has 0 aliphatic carbocycles. The van der Waals surface area contributed by atoms with Crippen LogP contribution in [0.15, 0.2) is 122 Å². The van der Waals surface area contributed by atoms with Crippen LogP contribution in [0.3, 0.4) is 0 Å². The SMILES string of the molecule is CC/C=C\C/C=C\C/C=C\C/C=C\C/C=C\C/C=C\CCC(=O)OCC(COC(=O)CCCCCCCCCCCCCCCC)OC(=O)CCCCCC/C=C\C/C=C\C/C=C\C/C=C\CC. The molecule has 68 heavy (non-hydrogen) atoms. The molecule has 0 spiro atoms. The lowest BCUT2D eigenvalue weighted by molar-refractivity contribution is -0.166. The number of esters is 3. The molecule has 384 valence electrons. The average molecular weight is 941 g/mol. The van der Waals surface area contributed by atoms with Crippen molar-refractivity contribution in [1.82, 2.24) is 0 Å². The Kier molecular flexibility index (Phi) is 52.0. The average Bonchev–Trinajstić information content (AvgIpc) is 3.34. The first kappa shape index (κ1) is 63.8. The van der Waals surface area contributed by atoms with Gasteiger partial charge in [0.25, 0.3) is 0 Å². The zero-order valence-electron chi connectivity index (χ0n) is 43.8. The third kappa shape index (κ3) is 52.8. The summed E-state index contributed by atoms with van der Waals surface area (Å²) >= 11 is 0. The van der Waals surface area contributed by atoms with Gasteiger partial charge in [-0.25, -0.2) is 0 Å². The lowest BCUT2D eigenvalue weighted by Crippen LogP contribution is -2.30. The van der Waals surface area contributed by atoms with Gasteiger partial charge in [-0.1, -0.05) is 239 Å². The summed E-state index contributed by atoms with van der Waals surface area (Å²) in [6.07, 6.45) is 76.2. The molecule has 0 heterocycles. The number of ether oxygens (including phenoxy) is 3. The Bertz CT molecular complexity index is 1450. The minimum Gasteiger partial charge on any atom is -0.462 e. The lowest BCUT2D eigenvalue weighted by Gasteiger charge is -2.18. The quantitative estimate of drug-likeness (QED) is 0.0262. The van der Waals surface area contributed by atoms with E-state index < -0.39 is 6.10 Å². The van der Waals surface area contributed by atoms with Crippen molar-refractivity contribution in [3.8, 4) is 0 Å². The molecule has 0 aliphatic rings. The third-order valence-electron chi connectivity index (χ3n) is 11.2. The maximum Gasteiger partial charge on any atom is 0.306 e. The molecule has 0 radical (unpaired) electrons. The van der Waals surface area contributed by atoms with Gasteiger partial charge in [0.1, 0.15) is 13.2 Å². The molecule has 0 aromatic heterocycles. The van der Waals surface area contributed by atoms with Gasteiger partial charge in [0.2, 0.25) is 0 Å². The Balaban J connectivity index is 4.56. The molecule has 0 N–H and O–H groups in total. The Morgan fingerprint density at radius 2 is 0.603 bits per heavy atom. The number of unbranched alkanes of at least 4 members (excludes halogenated alkanes) is 17. The monoisotopic (exact) mass is 941 g/mol. The second kappa shape index (κ2) is 55.4. The molecular formula is C62H100O6. The molecule has 0 bridgehead atoms.